The molecule has 0 bridgehead atoms. The van der Waals surface area contributed by atoms with Gasteiger partial charge in [-0.1, -0.05) is 0 Å². The van der Waals surface area contributed by atoms with E-state index >= 15 is 0 Å². The van der Waals surface area contributed by atoms with Crippen LogP contribution in [0.3, 0.4) is 0 Å². The van der Waals surface area contributed by atoms with E-state index in [0.717, 1.165) is 5.41 Å². The minimum absolute atomic E-state index is 1.06. The third kappa shape index (κ3) is 0.199. The zero-order chi connectivity index (χ0) is 5.64. The van der Waals surface area contributed by atoms with E-state index in [0.29, 0.717) is 0 Å². The maximum absolute atomic E-state index is 1.61. The number of fused-ring (bicyclic) bond motifs is 6. The van der Waals surface area contributed by atoms with E-state index in [1.807, 2.05) is 0 Å². The molecule has 4 aliphatic carbocycles. The van der Waals surface area contributed by atoms with Crippen molar-refractivity contribution in [2.45, 2.75) is 25.7 Å². The normalized spacial score (nSPS) is 80.0. The highest BCUT2D eigenvalue weighted by molar-refractivity contribution is 5.35. The van der Waals surface area contributed by atoms with Crippen LogP contribution in [-0.4, -0.2) is 0 Å². The zero-order valence-corrected chi connectivity index (χ0v) is 5.64. The third-order valence-electron chi connectivity index (χ3n) is 4.90. The molecule has 4 saturated carbocycles. The average Bonchev–Trinajstić information content (AvgIpc) is 2.07. The van der Waals surface area contributed by atoms with Crippen LogP contribution in [0.25, 0.3) is 0 Å². The van der Waals surface area contributed by atoms with Crippen molar-refractivity contribution in [1.29, 1.82) is 0 Å². The number of hydrogen-bond donors (Lipinski definition) is 0. The molecule has 0 aromatic rings. The van der Waals surface area contributed by atoms with Gasteiger partial charge in [-0.3, -0.25) is 0 Å². The molecule has 0 N–H and O–H groups in total. The van der Waals surface area contributed by atoms with Crippen molar-refractivity contribution in [1.82, 2.24) is 0 Å². The highest BCUT2D eigenvalue weighted by atomic mass is 14.9. The summed E-state index contributed by atoms with van der Waals surface area (Å²) in [6.07, 6.45) is 6.44. The van der Waals surface area contributed by atoms with Gasteiger partial charge in [0, 0.05) is 0 Å². The molecule has 48 valence electrons. The second kappa shape index (κ2) is 0.810. The van der Waals surface area contributed by atoms with Gasteiger partial charge >= 0.3 is 0 Å². The van der Waals surface area contributed by atoms with E-state index in [4.69, 9.17) is 0 Å². The van der Waals surface area contributed by atoms with Gasteiger partial charge in [-0.2, -0.15) is 0 Å². The molecule has 0 aromatic carbocycles. The van der Waals surface area contributed by atoms with E-state index < -0.39 is 0 Å². The molecule has 0 aliphatic heterocycles. The first kappa shape index (κ1) is 4.00. The van der Waals surface area contributed by atoms with Crippen LogP contribution in [0.4, 0.5) is 0 Å². The largest absolute Gasteiger partial charge is 0.0493 e. The summed E-state index contributed by atoms with van der Waals surface area (Å²) in [7, 11) is 0. The van der Waals surface area contributed by atoms with Crippen LogP contribution >= 0.6 is 0 Å². The van der Waals surface area contributed by atoms with Crippen LogP contribution in [0.2, 0.25) is 0 Å². The van der Waals surface area contributed by atoms with Gasteiger partial charge < -0.3 is 0 Å². The Labute approximate surface area is 55.6 Å². The highest BCUT2D eigenvalue weighted by Gasteiger charge is 2.88. The van der Waals surface area contributed by atoms with Crippen LogP contribution in [0.5, 0.6) is 0 Å². The average molecular weight is 120 g/mol. The molecule has 0 saturated heterocycles. The molecule has 0 nitrogen and oxygen atoms in total. The lowest BCUT2D eigenvalue weighted by Gasteiger charge is -2.04. The van der Waals surface area contributed by atoms with Gasteiger partial charge in [0.15, 0.2) is 0 Å². The first-order chi connectivity index (χ1) is 4.45. The maximum Gasteiger partial charge on any atom is -0.0173 e. The summed E-state index contributed by atoms with van der Waals surface area (Å²) in [5.41, 5.74) is 1.06. The summed E-state index contributed by atoms with van der Waals surface area (Å²) in [4.78, 5) is 0. The first-order valence-corrected chi connectivity index (χ1v) is 4.45. The second-order valence-electron chi connectivity index (χ2n) is 4.58. The van der Waals surface area contributed by atoms with Gasteiger partial charge in [-0.25, -0.2) is 0 Å². The molecule has 0 amide bonds. The number of rotatable bonds is 0. The molecular formula is C9H12. The summed E-state index contributed by atoms with van der Waals surface area (Å²) in [5, 5.41) is 0. The van der Waals surface area contributed by atoms with E-state index in [1.165, 1.54) is 23.7 Å². The first-order valence-electron chi connectivity index (χ1n) is 4.45. The van der Waals surface area contributed by atoms with Crippen molar-refractivity contribution in [2.75, 3.05) is 0 Å². The Bertz CT molecular complexity index is 149. The van der Waals surface area contributed by atoms with E-state index in [9.17, 15) is 0 Å². The summed E-state index contributed by atoms with van der Waals surface area (Å²) in [6.45, 7) is 0. The SMILES string of the molecule is C1CC2C1C21C2CCC21. The van der Waals surface area contributed by atoms with Crippen molar-refractivity contribution in [3.05, 3.63) is 0 Å². The van der Waals surface area contributed by atoms with Crippen LogP contribution in [0, 0.1) is 29.1 Å². The van der Waals surface area contributed by atoms with Crippen molar-refractivity contribution < 1.29 is 0 Å². The van der Waals surface area contributed by atoms with Crippen LogP contribution < -0.4 is 0 Å². The summed E-state index contributed by atoms with van der Waals surface area (Å²) in [5.74, 6) is 5.09. The molecule has 1 spiro atoms. The van der Waals surface area contributed by atoms with E-state index in [2.05, 4.69) is 0 Å². The molecule has 9 heavy (non-hydrogen) atoms. The molecule has 0 heterocycles. The molecule has 4 atom stereocenters. The van der Waals surface area contributed by atoms with Gasteiger partial charge in [0.25, 0.3) is 0 Å². The summed E-state index contributed by atoms with van der Waals surface area (Å²) >= 11 is 0. The fourth-order valence-electron chi connectivity index (χ4n) is 4.28. The Kier molecular flexibility index (Phi) is 0.360. The zero-order valence-electron chi connectivity index (χ0n) is 5.64. The Morgan fingerprint density at radius 1 is 0.667 bits per heavy atom. The van der Waals surface area contributed by atoms with Gasteiger partial charge in [0.05, 0.1) is 0 Å². The lowest BCUT2D eigenvalue weighted by atomic mass is 10.0. The minimum atomic E-state index is 1.06. The Morgan fingerprint density at radius 2 is 1.00 bits per heavy atom. The predicted molar refractivity (Wildman–Crippen MR) is 34.9 cm³/mol. The Morgan fingerprint density at radius 3 is 1.22 bits per heavy atom. The minimum Gasteiger partial charge on any atom is -0.0493 e. The fourth-order valence-corrected chi connectivity index (χ4v) is 4.28. The third-order valence-corrected chi connectivity index (χ3v) is 4.90. The molecular weight excluding hydrogens is 108 g/mol. The van der Waals surface area contributed by atoms with Crippen molar-refractivity contribution in [2.24, 2.45) is 29.1 Å². The molecule has 0 aromatic heterocycles. The number of hydrogen-bond acceptors (Lipinski definition) is 0. The Hall–Kier alpha value is 0. The fraction of sp³-hybridized carbons (Fsp3) is 1.00. The topological polar surface area (TPSA) is 0 Å². The van der Waals surface area contributed by atoms with Gasteiger partial charge in [-0.15, -0.1) is 0 Å². The molecule has 0 radical (unpaired) electrons. The maximum atomic E-state index is 1.61. The van der Waals surface area contributed by atoms with Gasteiger partial charge in [-0.05, 0) is 54.8 Å². The Balaban J connectivity index is 1.83. The molecule has 4 rings (SSSR count). The summed E-state index contributed by atoms with van der Waals surface area (Å²) in [6, 6.07) is 0. The van der Waals surface area contributed by atoms with Crippen LogP contribution in [-0.2, 0) is 0 Å². The van der Waals surface area contributed by atoms with E-state index in [-0.39, 0.29) is 0 Å². The van der Waals surface area contributed by atoms with Gasteiger partial charge in [0.2, 0.25) is 0 Å². The lowest BCUT2D eigenvalue weighted by Crippen LogP contribution is -1.93. The smallest absolute Gasteiger partial charge is 0.0173 e. The van der Waals surface area contributed by atoms with Crippen LogP contribution in [0.1, 0.15) is 25.7 Å². The van der Waals surface area contributed by atoms with Crippen LogP contribution in [0.15, 0.2) is 0 Å². The predicted octanol–water partition coefficient (Wildman–Crippen LogP) is 2.05. The lowest BCUT2D eigenvalue weighted by molar-refractivity contribution is 0.468. The van der Waals surface area contributed by atoms with Crippen molar-refractivity contribution in [3.8, 4) is 0 Å². The van der Waals surface area contributed by atoms with E-state index in [1.54, 1.807) is 25.7 Å². The second-order valence-corrected chi connectivity index (χ2v) is 4.58. The van der Waals surface area contributed by atoms with Gasteiger partial charge in [0.1, 0.15) is 0 Å². The molecule has 4 unspecified atom stereocenters. The molecule has 4 aliphatic rings. The molecule has 4 fully saturated rings. The standard InChI is InChI=1S/C9H12/c1-2-6-5(1)9(6)7-3-4-8(7)9/h5-8H,1-4H2. The van der Waals surface area contributed by atoms with Crippen molar-refractivity contribution >= 4 is 0 Å². The quantitative estimate of drug-likeness (QED) is 0.459. The summed E-state index contributed by atoms with van der Waals surface area (Å²) < 4.78 is 0. The van der Waals surface area contributed by atoms with Crippen molar-refractivity contribution in [3.63, 3.8) is 0 Å². The highest BCUT2D eigenvalue weighted by Crippen LogP contribution is 2.93. The molecule has 0 heteroatoms. The monoisotopic (exact) mass is 120 g/mol.